The second-order valence-electron chi connectivity index (χ2n) is 12.6. The number of rotatable bonds is 4. The number of β-amino-alcohol motifs (C(OH)–C–C–N with tert-alkyl or cyclic N) is 1. The van der Waals surface area contributed by atoms with Crippen LogP contribution in [0, 0.1) is 0 Å². The Morgan fingerprint density at radius 3 is 2.40 bits per heavy atom. The van der Waals surface area contributed by atoms with Gasteiger partial charge in [0.05, 0.1) is 18.2 Å². The van der Waals surface area contributed by atoms with Gasteiger partial charge in [-0.15, -0.1) is 0 Å². The van der Waals surface area contributed by atoms with Crippen molar-refractivity contribution in [3.63, 3.8) is 0 Å². The van der Waals surface area contributed by atoms with Crippen LogP contribution in [0.5, 0.6) is 0 Å². The van der Waals surface area contributed by atoms with Gasteiger partial charge < -0.3 is 25.1 Å². The third-order valence-corrected chi connectivity index (χ3v) is 9.43. The minimum absolute atomic E-state index is 0.0124. The summed E-state index contributed by atoms with van der Waals surface area (Å²) in [6.45, 7) is 4.59. The van der Waals surface area contributed by atoms with Crippen molar-refractivity contribution in [3.8, 4) is 0 Å². The average Bonchev–Trinajstić information content (AvgIpc) is 3.20. The summed E-state index contributed by atoms with van der Waals surface area (Å²) in [5.74, 6) is -0.277. The first kappa shape index (κ1) is 26.8. The van der Waals surface area contributed by atoms with E-state index >= 15 is 0 Å². The molecule has 2 aromatic rings. The zero-order chi connectivity index (χ0) is 28.3. The first-order valence-corrected chi connectivity index (χ1v) is 14.2. The summed E-state index contributed by atoms with van der Waals surface area (Å²) in [4.78, 5) is 44.1. The molecule has 5 atom stereocenters. The predicted octanol–water partition coefficient (Wildman–Crippen LogP) is 3.01. The number of piperidine rings is 1. The van der Waals surface area contributed by atoms with Crippen LogP contribution in [0.15, 0.2) is 42.5 Å². The summed E-state index contributed by atoms with van der Waals surface area (Å²) in [6.07, 6.45) is 0.915. The number of aliphatic hydroxyl groups excluding tert-OH is 2. The minimum Gasteiger partial charge on any atom is -0.465 e. The molecule has 2 unspecified atom stereocenters. The van der Waals surface area contributed by atoms with Crippen molar-refractivity contribution in [1.82, 2.24) is 14.7 Å². The van der Waals surface area contributed by atoms with Gasteiger partial charge in [0.2, 0.25) is 0 Å². The number of carbonyl (C=O) groups excluding carboxylic acids is 2. The van der Waals surface area contributed by atoms with Gasteiger partial charge in [-0.3, -0.25) is 14.5 Å². The molecular weight excluding hydrogens is 510 g/mol. The Balaban J connectivity index is 1.22. The molecule has 9 nitrogen and oxygen atoms in total. The van der Waals surface area contributed by atoms with Gasteiger partial charge >= 0.3 is 6.09 Å². The lowest BCUT2D eigenvalue weighted by molar-refractivity contribution is 0.0132. The number of aliphatic hydroxyl groups is 2. The second kappa shape index (κ2) is 9.89. The zero-order valence-electron chi connectivity index (χ0n) is 23.0. The molecule has 0 aliphatic carbocycles. The van der Waals surface area contributed by atoms with Crippen LogP contribution in [0.4, 0.5) is 4.79 Å². The fraction of sp³-hybridized carbons (Fsp3) is 0.516. The quantitative estimate of drug-likeness (QED) is 0.541. The minimum atomic E-state index is -1.09. The number of carboxylic acid groups (broad SMARTS) is 1. The molecule has 0 saturated carbocycles. The fourth-order valence-corrected chi connectivity index (χ4v) is 7.45. The summed E-state index contributed by atoms with van der Waals surface area (Å²) in [7, 11) is 0. The Kier molecular flexibility index (Phi) is 6.62. The molecule has 3 N–H and O–H groups in total. The highest BCUT2D eigenvalue weighted by molar-refractivity contribution is 6.00. The lowest BCUT2D eigenvalue weighted by atomic mass is 9.77. The number of hydrogen-bond donors (Lipinski definition) is 3. The summed E-state index contributed by atoms with van der Waals surface area (Å²) in [5, 5.41) is 31.3. The molecule has 2 bridgehead atoms. The van der Waals surface area contributed by atoms with Crippen molar-refractivity contribution in [2.75, 3.05) is 13.1 Å². The van der Waals surface area contributed by atoms with E-state index in [2.05, 4.69) is 0 Å². The van der Waals surface area contributed by atoms with Crippen molar-refractivity contribution >= 4 is 17.9 Å². The molecule has 9 heteroatoms. The van der Waals surface area contributed by atoms with E-state index < -0.39 is 23.7 Å². The largest absolute Gasteiger partial charge is 0.465 e. The van der Waals surface area contributed by atoms with Gasteiger partial charge in [0.15, 0.2) is 0 Å². The van der Waals surface area contributed by atoms with Crippen LogP contribution in [0.25, 0.3) is 0 Å². The van der Waals surface area contributed by atoms with E-state index in [0.29, 0.717) is 36.9 Å². The van der Waals surface area contributed by atoms with Crippen molar-refractivity contribution in [2.45, 2.75) is 88.2 Å². The number of fused-ring (bicyclic) bond motifs is 4. The summed E-state index contributed by atoms with van der Waals surface area (Å²) in [5.41, 5.74) is 3.31. The predicted molar refractivity (Wildman–Crippen MR) is 147 cm³/mol. The van der Waals surface area contributed by atoms with E-state index in [9.17, 15) is 29.7 Å². The lowest BCUT2D eigenvalue weighted by Crippen LogP contribution is -2.56. The Morgan fingerprint density at radius 2 is 1.73 bits per heavy atom. The topological polar surface area (TPSA) is 122 Å². The molecule has 4 aliphatic rings. The van der Waals surface area contributed by atoms with Gasteiger partial charge in [0.25, 0.3) is 11.8 Å². The number of amides is 3. The normalized spacial score (nSPS) is 27.7. The summed E-state index contributed by atoms with van der Waals surface area (Å²) in [6, 6.07) is 12.4. The highest BCUT2D eigenvalue weighted by Gasteiger charge is 2.44. The Hall–Kier alpha value is -3.43. The van der Waals surface area contributed by atoms with Crippen LogP contribution in [0.2, 0.25) is 0 Å². The number of benzene rings is 2. The molecule has 212 valence electrons. The number of hydrogen-bond acceptors (Lipinski definition) is 5. The third-order valence-electron chi connectivity index (χ3n) is 9.43. The molecule has 0 spiro atoms. The van der Waals surface area contributed by atoms with Gasteiger partial charge in [-0.25, -0.2) is 4.79 Å². The highest BCUT2D eigenvalue weighted by atomic mass is 16.4. The highest BCUT2D eigenvalue weighted by Crippen LogP contribution is 2.39. The Labute approximate surface area is 234 Å². The van der Waals surface area contributed by atoms with E-state index in [1.807, 2.05) is 49.1 Å². The molecule has 4 aliphatic heterocycles. The fourth-order valence-electron chi connectivity index (χ4n) is 7.45. The number of nitrogens with zero attached hydrogens (tertiary/aromatic N) is 3. The maximum absolute atomic E-state index is 13.6. The van der Waals surface area contributed by atoms with Crippen LogP contribution in [0.1, 0.15) is 76.9 Å². The van der Waals surface area contributed by atoms with E-state index in [4.69, 9.17) is 0 Å². The van der Waals surface area contributed by atoms with Gasteiger partial charge in [0, 0.05) is 48.3 Å². The van der Waals surface area contributed by atoms with E-state index in [1.54, 1.807) is 17.0 Å². The average molecular weight is 548 g/mol. The van der Waals surface area contributed by atoms with Gasteiger partial charge in [-0.05, 0) is 67.0 Å². The Bertz CT molecular complexity index is 1340. The third kappa shape index (κ3) is 4.55. The summed E-state index contributed by atoms with van der Waals surface area (Å²) >= 11 is 0. The molecule has 0 aromatic heterocycles. The lowest BCUT2D eigenvalue weighted by Gasteiger charge is -2.43. The van der Waals surface area contributed by atoms with Crippen molar-refractivity contribution in [1.29, 1.82) is 0 Å². The van der Waals surface area contributed by atoms with Gasteiger partial charge in [-0.2, -0.15) is 0 Å². The van der Waals surface area contributed by atoms with Crippen molar-refractivity contribution < 1.29 is 29.7 Å². The molecular formula is C31H37N3O6. The maximum atomic E-state index is 13.6. The monoisotopic (exact) mass is 547 g/mol. The van der Waals surface area contributed by atoms with Crippen LogP contribution < -0.4 is 0 Å². The Morgan fingerprint density at radius 1 is 1.05 bits per heavy atom. The van der Waals surface area contributed by atoms with Crippen molar-refractivity contribution in [2.24, 2.45) is 0 Å². The van der Waals surface area contributed by atoms with Crippen LogP contribution in [0.3, 0.4) is 0 Å². The molecule has 2 aromatic carbocycles. The van der Waals surface area contributed by atoms with Gasteiger partial charge in [-0.1, -0.05) is 38.1 Å². The second-order valence-corrected chi connectivity index (χ2v) is 12.6. The standard InChI is InChI=1S/C31H37N3O6/c1-31(2)17-32(16-27(36)26-12-18-5-3-4-6-20(18)15-33(26)30(39)40)29(38)24-10-7-19(11-25(24)31)28(37)34-21-8-9-22(34)14-23(35)13-21/h3-7,10-11,21-23,26-27,35-36H,8-9,12-17H2,1-2H3,(H,39,40)/t21-,22+,23?,26?,27-/m1/s1. The number of carbonyl (C=O) groups is 3. The van der Waals surface area contributed by atoms with Crippen molar-refractivity contribution in [3.05, 3.63) is 70.3 Å². The van der Waals surface area contributed by atoms with E-state index in [-0.39, 0.29) is 43.1 Å². The van der Waals surface area contributed by atoms with Crippen LogP contribution in [-0.2, 0) is 18.4 Å². The maximum Gasteiger partial charge on any atom is 0.407 e. The van der Waals surface area contributed by atoms with Crippen LogP contribution in [-0.4, -0.2) is 91.3 Å². The first-order valence-electron chi connectivity index (χ1n) is 14.2. The van der Waals surface area contributed by atoms with Gasteiger partial charge in [0.1, 0.15) is 0 Å². The smallest absolute Gasteiger partial charge is 0.407 e. The molecule has 3 amide bonds. The SMILES string of the molecule is CC1(C)CN(C[C@@H](O)C2Cc3ccccc3CN2C(=O)O)C(=O)c2ccc(C(=O)N3[C@@H]4CC[C@H]3CC(O)C4)cc21. The molecule has 6 rings (SSSR count). The zero-order valence-corrected chi connectivity index (χ0v) is 23.0. The van der Waals surface area contributed by atoms with E-state index in [0.717, 1.165) is 29.5 Å². The molecule has 0 radical (unpaired) electrons. The molecule has 40 heavy (non-hydrogen) atoms. The molecule has 4 heterocycles. The first-order chi connectivity index (χ1) is 19.0. The molecule has 2 saturated heterocycles. The van der Waals surface area contributed by atoms with E-state index in [1.165, 1.54) is 4.90 Å². The van der Waals surface area contributed by atoms with Crippen LogP contribution >= 0.6 is 0 Å². The summed E-state index contributed by atoms with van der Waals surface area (Å²) < 4.78 is 0. The molecule has 2 fully saturated rings.